The molecule has 0 aromatic rings. The Hall–Kier alpha value is -0.500. The number of hydrogen-bond acceptors (Lipinski definition) is 5. The number of nitrogens with one attached hydrogen (secondary N) is 1. The van der Waals surface area contributed by atoms with E-state index in [1.807, 2.05) is 21.1 Å². The molecule has 0 aromatic heterocycles. The fourth-order valence-corrected chi connectivity index (χ4v) is 4.68. The average Bonchev–Trinajstić information content (AvgIpc) is 2.80. The molecule has 0 aromatic carbocycles. The molecular formula is C27H58N2O6P+. The maximum atomic E-state index is 12.2. The van der Waals surface area contributed by atoms with E-state index in [2.05, 4.69) is 12.2 Å². The van der Waals surface area contributed by atoms with Gasteiger partial charge in [0, 0.05) is 6.42 Å². The maximum absolute atomic E-state index is 12.2. The second-order valence-corrected chi connectivity index (χ2v) is 12.5. The number of carbonyl (C=O) groups is 1. The van der Waals surface area contributed by atoms with Crippen LogP contribution < -0.4 is 5.32 Å². The fraction of sp³-hybridized carbons (Fsp3) is 0.963. The number of unbranched alkanes of at least 4 members (excludes halogenated alkanes) is 13. The highest BCUT2D eigenvalue weighted by molar-refractivity contribution is 7.47. The lowest BCUT2D eigenvalue weighted by molar-refractivity contribution is -0.870. The van der Waals surface area contributed by atoms with Gasteiger partial charge in [-0.3, -0.25) is 13.8 Å². The number of phosphoric acid groups is 1. The molecule has 0 aliphatic carbocycles. The van der Waals surface area contributed by atoms with Gasteiger partial charge in [0.25, 0.3) is 0 Å². The molecule has 9 heteroatoms. The van der Waals surface area contributed by atoms with Gasteiger partial charge in [0.1, 0.15) is 13.2 Å². The molecule has 3 unspecified atom stereocenters. The van der Waals surface area contributed by atoms with E-state index in [0.717, 1.165) is 19.3 Å². The number of nitrogens with zero attached hydrogens (tertiary/aromatic N) is 1. The van der Waals surface area contributed by atoms with Crippen molar-refractivity contribution in [2.45, 2.75) is 129 Å². The van der Waals surface area contributed by atoms with E-state index in [0.29, 0.717) is 17.4 Å². The molecule has 0 fully saturated rings. The zero-order valence-electron chi connectivity index (χ0n) is 24.0. The van der Waals surface area contributed by atoms with Crippen LogP contribution in [0.3, 0.4) is 0 Å². The number of likely N-dealkylation sites (N-methyl/N-ethyl adjacent to an activating group) is 1. The molecule has 0 spiro atoms. The topological polar surface area (TPSA) is 105 Å². The van der Waals surface area contributed by atoms with Crippen LogP contribution in [-0.4, -0.2) is 73.4 Å². The largest absolute Gasteiger partial charge is 0.472 e. The number of carbonyl (C=O) groups excluding carboxylic acids is 1. The highest BCUT2D eigenvalue weighted by Gasteiger charge is 2.28. The van der Waals surface area contributed by atoms with Crippen molar-refractivity contribution in [1.29, 1.82) is 0 Å². The summed E-state index contributed by atoms with van der Waals surface area (Å²) in [5.41, 5.74) is 0. The highest BCUT2D eigenvalue weighted by atomic mass is 31.2. The summed E-state index contributed by atoms with van der Waals surface area (Å²) in [4.78, 5) is 21.8. The summed E-state index contributed by atoms with van der Waals surface area (Å²) in [5, 5.41) is 13.3. The predicted molar refractivity (Wildman–Crippen MR) is 148 cm³/mol. The molecule has 0 radical (unpaired) electrons. The molecule has 8 nitrogen and oxygen atoms in total. The zero-order valence-corrected chi connectivity index (χ0v) is 24.9. The van der Waals surface area contributed by atoms with Gasteiger partial charge in [-0.05, 0) is 6.42 Å². The monoisotopic (exact) mass is 537 g/mol. The average molecular weight is 538 g/mol. The number of aliphatic hydroxyl groups excluding tert-OH is 1. The molecule has 0 bridgehead atoms. The number of rotatable bonds is 25. The fourth-order valence-electron chi connectivity index (χ4n) is 3.95. The van der Waals surface area contributed by atoms with Gasteiger partial charge >= 0.3 is 7.82 Å². The van der Waals surface area contributed by atoms with Gasteiger partial charge in [-0.2, -0.15) is 0 Å². The second-order valence-electron chi connectivity index (χ2n) is 11.1. The third-order valence-corrected chi connectivity index (χ3v) is 7.40. The third-order valence-electron chi connectivity index (χ3n) is 6.42. The minimum Gasteiger partial charge on any atom is -0.391 e. The smallest absolute Gasteiger partial charge is 0.391 e. The molecule has 3 atom stereocenters. The molecule has 1 amide bonds. The first kappa shape index (κ1) is 35.5. The van der Waals surface area contributed by atoms with Crippen molar-refractivity contribution in [2.24, 2.45) is 0 Å². The molecular weight excluding hydrogens is 479 g/mol. The van der Waals surface area contributed by atoms with Gasteiger partial charge in [0.05, 0.1) is 39.9 Å². The van der Waals surface area contributed by atoms with Crippen molar-refractivity contribution in [3.05, 3.63) is 0 Å². The second kappa shape index (κ2) is 21.4. The van der Waals surface area contributed by atoms with E-state index in [4.69, 9.17) is 9.05 Å². The van der Waals surface area contributed by atoms with Crippen LogP contribution in [0.15, 0.2) is 0 Å². The standard InChI is InChI=1S/C27H57N2O6P/c1-6-8-9-10-11-12-13-14-15-16-17-18-19-20-21-26(30)25(28-27(31)7-2)24-35-36(32,33)34-23-22-29(3,4)5/h25-26,30H,6-24H2,1-5H3,(H-,28,31,32,33)/p+1. The molecule has 0 saturated heterocycles. The summed E-state index contributed by atoms with van der Waals surface area (Å²) < 4.78 is 22.9. The van der Waals surface area contributed by atoms with Crippen LogP contribution in [0.1, 0.15) is 117 Å². The first-order valence-electron chi connectivity index (χ1n) is 14.4. The van der Waals surface area contributed by atoms with Crippen molar-refractivity contribution in [3.63, 3.8) is 0 Å². The Bertz CT molecular complexity index is 585. The van der Waals surface area contributed by atoms with Gasteiger partial charge in [-0.15, -0.1) is 0 Å². The molecule has 216 valence electrons. The Balaban J connectivity index is 4.09. The number of aliphatic hydroxyl groups is 1. The maximum Gasteiger partial charge on any atom is 0.472 e. The predicted octanol–water partition coefficient (Wildman–Crippen LogP) is 5.95. The third kappa shape index (κ3) is 22.7. The summed E-state index contributed by atoms with van der Waals surface area (Å²) in [6.45, 7) is 4.32. The Morgan fingerprint density at radius 1 is 0.833 bits per heavy atom. The molecule has 0 saturated carbocycles. The van der Waals surface area contributed by atoms with Crippen molar-refractivity contribution in [3.8, 4) is 0 Å². The number of quaternary nitrogens is 1. The van der Waals surface area contributed by atoms with Crippen molar-refractivity contribution >= 4 is 13.7 Å². The van der Waals surface area contributed by atoms with Gasteiger partial charge in [0.2, 0.25) is 5.91 Å². The molecule has 3 N–H and O–H groups in total. The van der Waals surface area contributed by atoms with Crippen molar-refractivity contribution in [2.75, 3.05) is 40.9 Å². The molecule has 0 aliphatic heterocycles. The SMILES string of the molecule is CCCCCCCCCCCCCCCCC(O)C(COP(=O)(O)OCC[N+](C)(C)C)NC(=O)CC. The van der Waals surface area contributed by atoms with Gasteiger partial charge < -0.3 is 19.8 Å². The molecule has 36 heavy (non-hydrogen) atoms. The highest BCUT2D eigenvalue weighted by Crippen LogP contribution is 2.43. The van der Waals surface area contributed by atoms with E-state index >= 15 is 0 Å². The van der Waals surface area contributed by atoms with Crippen LogP contribution in [0.25, 0.3) is 0 Å². The summed E-state index contributed by atoms with van der Waals surface area (Å²) >= 11 is 0. The van der Waals surface area contributed by atoms with E-state index in [1.54, 1.807) is 6.92 Å². The van der Waals surface area contributed by atoms with Crippen molar-refractivity contribution < 1.29 is 32.9 Å². The Labute approximate surface area is 221 Å². The van der Waals surface area contributed by atoms with Gasteiger partial charge in [0.15, 0.2) is 0 Å². The zero-order chi connectivity index (χ0) is 27.3. The van der Waals surface area contributed by atoms with Crippen LogP contribution in [-0.2, 0) is 18.4 Å². The molecule has 0 aliphatic rings. The van der Waals surface area contributed by atoms with Crippen LogP contribution in [0, 0.1) is 0 Å². The minimum atomic E-state index is -4.26. The quantitative estimate of drug-likeness (QED) is 0.0755. The Morgan fingerprint density at radius 2 is 1.31 bits per heavy atom. The normalized spacial score (nSPS) is 15.4. The van der Waals surface area contributed by atoms with E-state index in [1.165, 1.54) is 70.6 Å². The Kier molecular flexibility index (Phi) is 21.1. The lowest BCUT2D eigenvalue weighted by Gasteiger charge is -2.26. The minimum absolute atomic E-state index is 0.0743. The number of hydrogen-bond donors (Lipinski definition) is 3. The lowest BCUT2D eigenvalue weighted by atomic mass is 10.0. The van der Waals surface area contributed by atoms with E-state index < -0.39 is 20.0 Å². The molecule has 0 heterocycles. The van der Waals surface area contributed by atoms with E-state index in [9.17, 15) is 19.4 Å². The van der Waals surface area contributed by atoms with Crippen molar-refractivity contribution in [1.82, 2.24) is 5.32 Å². The number of amides is 1. The summed E-state index contributed by atoms with van der Waals surface area (Å²) in [7, 11) is 1.61. The Morgan fingerprint density at radius 3 is 1.75 bits per heavy atom. The first-order valence-corrected chi connectivity index (χ1v) is 15.9. The summed E-state index contributed by atoms with van der Waals surface area (Å²) in [6.07, 6.45) is 17.6. The van der Waals surface area contributed by atoms with Crippen LogP contribution >= 0.6 is 7.82 Å². The first-order chi connectivity index (χ1) is 17.0. The molecule has 0 rings (SSSR count). The van der Waals surface area contributed by atoms with Crippen LogP contribution in [0.5, 0.6) is 0 Å². The summed E-state index contributed by atoms with van der Waals surface area (Å²) in [5.74, 6) is -0.234. The van der Waals surface area contributed by atoms with Crippen LogP contribution in [0.2, 0.25) is 0 Å². The summed E-state index contributed by atoms with van der Waals surface area (Å²) in [6, 6.07) is -0.748. The number of phosphoric ester groups is 1. The lowest BCUT2D eigenvalue weighted by Crippen LogP contribution is -2.46. The van der Waals surface area contributed by atoms with Gasteiger partial charge in [-0.25, -0.2) is 4.57 Å². The van der Waals surface area contributed by atoms with E-state index in [-0.39, 0.29) is 25.5 Å². The van der Waals surface area contributed by atoms with Gasteiger partial charge in [-0.1, -0.05) is 104 Å². The van der Waals surface area contributed by atoms with Crippen LogP contribution in [0.4, 0.5) is 0 Å².